The van der Waals surface area contributed by atoms with Crippen molar-refractivity contribution in [1.29, 1.82) is 0 Å². The number of anilines is 1. The molecule has 1 atom stereocenters. The number of benzene rings is 1. The van der Waals surface area contributed by atoms with Crippen molar-refractivity contribution in [3.8, 4) is 0 Å². The Labute approximate surface area is 145 Å². The number of ether oxygens (including phenoxy) is 1. The second kappa shape index (κ2) is 9.58. The smallest absolute Gasteiger partial charge is 0.226 e. The first-order valence-corrected chi connectivity index (χ1v) is 8.22. The number of rotatable bonds is 8. The molecule has 7 nitrogen and oxygen atoms in total. The number of hydrogen-bond acceptors (Lipinski definition) is 6. The van der Waals surface area contributed by atoms with E-state index in [1.165, 1.54) is 0 Å². The highest BCUT2D eigenvalue weighted by Crippen LogP contribution is 2.13. The number of nitrogens with zero attached hydrogens (tertiary/aromatic N) is 1. The van der Waals surface area contributed by atoms with Crippen LogP contribution in [0.15, 0.2) is 24.3 Å². The lowest BCUT2D eigenvalue weighted by Crippen LogP contribution is -2.50. The molecule has 0 radical (unpaired) electrons. The van der Waals surface area contributed by atoms with Crippen molar-refractivity contribution >= 4 is 29.2 Å². The summed E-state index contributed by atoms with van der Waals surface area (Å²) in [7, 11) is 0. The summed E-state index contributed by atoms with van der Waals surface area (Å²) in [5, 5.41) is 17.3. The molecule has 1 heterocycles. The van der Waals surface area contributed by atoms with Crippen LogP contribution in [0.3, 0.4) is 0 Å². The first kappa shape index (κ1) is 18.7. The average molecular weight is 355 g/mol. The summed E-state index contributed by atoms with van der Waals surface area (Å²) in [5.41, 5.74) is 0.565. The third kappa shape index (κ3) is 6.45. The van der Waals surface area contributed by atoms with E-state index in [1.54, 1.807) is 24.3 Å². The average Bonchev–Trinajstić information content (AvgIpc) is 2.57. The fourth-order valence-corrected chi connectivity index (χ4v) is 2.52. The minimum absolute atomic E-state index is 0.200. The molecule has 2 N–H and O–H groups in total. The van der Waals surface area contributed by atoms with E-state index in [-0.39, 0.29) is 6.42 Å². The normalized spacial score (nSPS) is 16.5. The van der Waals surface area contributed by atoms with E-state index in [1.807, 2.05) is 0 Å². The number of halogens is 1. The van der Waals surface area contributed by atoms with Crippen molar-refractivity contribution in [3.05, 3.63) is 29.3 Å². The molecular weight excluding hydrogens is 334 g/mol. The maximum atomic E-state index is 12.0. The molecule has 1 aliphatic heterocycles. The highest BCUT2D eigenvalue weighted by atomic mass is 35.5. The molecule has 8 heteroatoms. The molecule has 1 unspecified atom stereocenters. The molecule has 2 rings (SSSR count). The van der Waals surface area contributed by atoms with Crippen LogP contribution in [-0.2, 0) is 14.3 Å². The van der Waals surface area contributed by atoms with Crippen LogP contribution in [0.5, 0.6) is 0 Å². The van der Waals surface area contributed by atoms with Gasteiger partial charge in [-0.1, -0.05) is 11.6 Å². The van der Waals surface area contributed by atoms with Crippen molar-refractivity contribution < 1.29 is 19.4 Å². The molecule has 1 saturated heterocycles. The fourth-order valence-electron chi connectivity index (χ4n) is 2.39. The van der Waals surface area contributed by atoms with Gasteiger partial charge in [-0.3, -0.25) is 9.69 Å². The van der Waals surface area contributed by atoms with Crippen LogP contribution >= 0.6 is 11.6 Å². The number of hydrogen-bond donors (Lipinski definition) is 2. The van der Waals surface area contributed by atoms with Crippen LogP contribution in [0.2, 0.25) is 5.02 Å². The molecular formula is C16H21ClN3O4-. The third-order valence-corrected chi connectivity index (χ3v) is 3.98. The second-order valence-corrected chi connectivity index (χ2v) is 5.98. The third-order valence-electron chi connectivity index (χ3n) is 3.72. The predicted octanol–water partition coefficient (Wildman–Crippen LogP) is -0.291. The highest BCUT2D eigenvalue weighted by Gasteiger charge is 2.16. The molecule has 1 aromatic rings. The SMILES string of the molecule is O=C(CC(NCCN1CCOCC1)C(=O)[O-])Nc1ccc(Cl)cc1. The molecule has 1 aromatic carbocycles. The van der Waals surface area contributed by atoms with Gasteiger partial charge in [-0.25, -0.2) is 0 Å². The van der Waals surface area contributed by atoms with E-state index >= 15 is 0 Å². The molecule has 1 amide bonds. The molecule has 132 valence electrons. The predicted molar refractivity (Wildman–Crippen MR) is 88.8 cm³/mol. The standard InChI is InChI=1S/C16H22ClN3O4/c17-12-1-3-13(4-2-12)19-15(21)11-14(16(22)23)18-5-6-20-7-9-24-10-8-20/h1-4,14,18H,5-11H2,(H,19,21)(H,22,23)/p-1. The van der Waals surface area contributed by atoms with Crippen molar-refractivity contribution in [2.75, 3.05) is 44.7 Å². The van der Waals surface area contributed by atoms with Gasteiger partial charge in [0.2, 0.25) is 5.91 Å². The van der Waals surface area contributed by atoms with Crippen molar-refractivity contribution in [2.24, 2.45) is 0 Å². The highest BCUT2D eigenvalue weighted by molar-refractivity contribution is 6.30. The Morgan fingerprint density at radius 1 is 1.25 bits per heavy atom. The summed E-state index contributed by atoms with van der Waals surface area (Å²) < 4.78 is 5.25. The van der Waals surface area contributed by atoms with E-state index in [0.29, 0.717) is 37.0 Å². The van der Waals surface area contributed by atoms with Gasteiger partial charge >= 0.3 is 0 Å². The Balaban J connectivity index is 1.76. The second-order valence-electron chi connectivity index (χ2n) is 5.54. The fraction of sp³-hybridized carbons (Fsp3) is 0.500. The number of carbonyl (C=O) groups is 2. The molecule has 0 spiro atoms. The van der Waals surface area contributed by atoms with E-state index in [2.05, 4.69) is 15.5 Å². The van der Waals surface area contributed by atoms with Gasteiger partial charge in [0.05, 0.1) is 25.2 Å². The molecule has 24 heavy (non-hydrogen) atoms. The van der Waals surface area contributed by atoms with Crippen LogP contribution < -0.4 is 15.7 Å². The Bertz CT molecular complexity index is 547. The summed E-state index contributed by atoms with van der Waals surface area (Å²) in [5.74, 6) is -1.69. The summed E-state index contributed by atoms with van der Waals surface area (Å²) in [6.07, 6.45) is -0.200. The van der Waals surface area contributed by atoms with Gasteiger partial charge in [0.25, 0.3) is 0 Å². The maximum absolute atomic E-state index is 12.0. The number of morpholine rings is 1. The maximum Gasteiger partial charge on any atom is 0.226 e. The number of carbonyl (C=O) groups excluding carboxylic acids is 2. The Kier molecular flexibility index (Phi) is 7.45. The monoisotopic (exact) mass is 354 g/mol. The zero-order valence-corrected chi connectivity index (χ0v) is 14.1. The van der Waals surface area contributed by atoms with E-state index in [0.717, 1.165) is 13.1 Å². The summed E-state index contributed by atoms with van der Waals surface area (Å²) in [6.45, 7) is 4.20. The van der Waals surface area contributed by atoms with Crippen LogP contribution in [0.4, 0.5) is 5.69 Å². The molecule has 0 aromatic heterocycles. The molecule has 0 saturated carbocycles. The largest absolute Gasteiger partial charge is 0.548 e. The minimum Gasteiger partial charge on any atom is -0.548 e. The molecule has 1 aliphatic rings. The van der Waals surface area contributed by atoms with Gasteiger partial charge in [-0.05, 0) is 24.3 Å². The van der Waals surface area contributed by atoms with Crippen molar-refractivity contribution in [2.45, 2.75) is 12.5 Å². The van der Waals surface area contributed by atoms with E-state index in [9.17, 15) is 14.7 Å². The minimum atomic E-state index is -1.29. The van der Waals surface area contributed by atoms with Crippen molar-refractivity contribution in [1.82, 2.24) is 10.2 Å². The lowest BCUT2D eigenvalue weighted by atomic mass is 10.2. The molecule has 0 aliphatic carbocycles. The summed E-state index contributed by atoms with van der Waals surface area (Å²) in [6, 6.07) is 5.57. The van der Waals surface area contributed by atoms with Gasteiger partial charge in [-0.15, -0.1) is 0 Å². The summed E-state index contributed by atoms with van der Waals surface area (Å²) in [4.78, 5) is 25.4. The van der Waals surface area contributed by atoms with E-state index in [4.69, 9.17) is 16.3 Å². The first-order chi connectivity index (χ1) is 11.5. The van der Waals surface area contributed by atoms with E-state index < -0.39 is 17.9 Å². The lowest BCUT2D eigenvalue weighted by Gasteiger charge is -2.27. The molecule has 0 bridgehead atoms. The van der Waals surface area contributed by atoms with Crippen LogP contribution in [0.25, 0.3) is 0 Å². The van der Waals surface area contributed by atoms with Crippen LogP contribution in [-0.4, -0.2) is 62.2 Å². The summed E-state index contributed by atoms with van der Waals surface area (Å²) >= 11 is 5.77. The van der Waals surface area contributed by atoms with Crippen LogP contribution in [0, 0.1) is 0 Å². The van der Waals surface area contributed by atoms with Gasteiger partial charge < -0.3 is 25.3 Å². The number of aliphatic carboxylic acids is 1. The number of carboxylic acid groups (broad SMARTS) is 1. The zero-order chi connectivity index (χ0) is 17.4. The Hall–Kier alpha value is -1.67. The zero-order valence-electron chi connectivity index (χ0n) is 13.3. The lowest BCUT2D eigenvalue weighted by molar-refractivity contribution is -0.308. The Morgan fingerprint density at radius 3 is 2.54 bits per heavy atom. The number of nitrogens with one attached hydrogen (secondary N) is 2. The quantitative estimate of drug-likeness (QED) is 0.666. The molecule has 1 fully saturated rings. The van der Waals surface area contributed by atoms with Gasteiger partial charge in [0.15, 0.2) is 0 Å². The van der Waals surface area contributed by atoms with Gasteiger partial charge in [-0.2, -0.15) is 0 Å². The number of carboxylic acids is 1. The first-order valence-electron chi connectivity index (χ1n) is 7.84. The van der Waals surface area contributed by atoms with Gasteiger partial charge in [0.1, 0.15) is 0 Å². The Morgan fingerprint density at radius 2 is 1.92 bits per heavy atom. The van der Waals surface area contributed by atoms with Gasteiger partial charge in [0, 0.05) is 43.3 Å². The van der Waals surface area contributed by atoms with Crippen molar-refractivity contribution in [3.63, 3.8) is 0 Å². The van der Waals surface area contributed by atoms with Crippen LogP contribution in [0.1, 0.15) is 6.42 Å². The topological polar surface area (TPSA) is 93.7 Å². The number of amides is 1.